The Morgan fingerprint density at radius 3 is 2.29 bits per heavy atom. The van der Waals surface area contributed by atoms with Crippen LogP contribution < -0.4 is 9.47 Å². The van der Waals surface area contributed by atoms with Crippen molar-refractivity contribution in [1.82, 2.24) is 0 Å². The minimum Gasteiger partial charge on any atom is -0.508 e. The van der Waals surface area contributed by atoms with Gasteiger partial charge in [0, 0.05) is 18.2 Å². The summed E-state index contributed by atoms with van der Waals surface area (Å²) in [4.78, 5) is 25.2. The molecule has 0 bridgehead atoms. The first-order valence-corrected chi connectivity index (χ1v) is 13.0. The number of ether oxygens (including phenoxy) is 4. The van der Waals surface area contributed by atoms with Crippen molar-refractivity contribution in [3.8, 4) is 28.7 Å². The standard InChI is InChI=1S/C30H28O12/c31-14-24-29(42-25(36)10-3-15-1-6-17(32)7-2-15)27(37)28(38)30(41-24)39-19-11-20(34)26-21(35)13-22(40-23(26)12-19)16-4-8-18(33)9-5-16/h1-12,22,24,27-34,37-38H,13-14H2/t22-,24+,27-,28+,29+,30-/m0/s1. The highest BCUT2D eigenvalue weighted by Gasteiger charge is 2.47. The molecule has 12 heteroatoms. The number of aliphatic hydroxyl groups is 3. The molecule has 2 aliphatic heterocycles. The average Bonchev–Trinajstić information content (AvgIpc) is 2.96. The van der Waals surface area contributed by atoms with Gasteiger partial charge in [-0.1, -0.05) is 24.3 Å². The highest BCUT2D eigenvalue weighted by molar-refractivity contribution is 6.02. The van der Waals surface area contributed by atoms with Crippen LogP contribution in [0.2, 0.25) is 0 Å². The molecular weight excluding hydrogens is 552 g/mol. The van der Waals surface area contributed by atoms with E-state index in [9.17, 15) is 40.2 Å². The fraction of sp³-hybridized carbons (Fsp3) is 0.267. The highest BCUT2D eigenvalue weighted by atomic mass is 16.7. The number of phenolic OH excluding ortho intramolecular Hbond substituents is 3. The van der Waals surface area contributed by atoms with Crippen LogP contribution in [0.1, 0.15) is 34.0 Å². The first-order chi connectivity index (χ1) is 20.1. The number of phenols is 3. The van der Waals surface area contributed by atoms with E-state index in [1.165, 1.54) is 36.4 Å². The van der Waals surface area contributed by atoms with Crippen molar-refractivity contribution in [2.75, 3.05) is 6.61 Å². The number of carbonyl (C=O) groups is 2. The molecular formula is C30H28O12. The predicted molar refractivity (Wildman–Crippen MR) is 144 cm³/mol. The molecule has 0 aromatic heterocycles. The quantitative estimate of drug-likeness (QED) is 0.176. The van der Waals surface area contributed by atoms with Crippen LogP contribution in [0, 0.1) is 0 Å². The maximum Gasteiger partial charge on any atom is 0.331 e. The summed E-state index contributed by atoms with van der Waals surface area (Å²) in [5.74, 6) is -1.67. The third kappa shape index (κ3) is 6.16. The van der Waals surface area contributed by atoms with E-state index in [0.29, 0.717) is 11.1 Å². The van der Waals surface area contributed by atoms with Crippen molar-refractivity contribution in [2.24, 2.45) is 0 Å². The fourth-order valence-electron chi connectivity index (χ4n) is 4.71. The van der Waals surface area contributed by atoms with Gasteiger partial charge in [-0.3, -0.25) is 4.79 Å². The molecule has 3 aromatic rings. The molecule has 0 aliphatic carbocycles. The van der Waals surface area contributed by atoms with Gasteiger partial charge in [0.2, 0.25) is 6.29 Å². The summed E-state index contributed by atoms with van der Waals surface area (Å²) in [6.45, 7) is -0.704. The minimum absolute atomic E-state index is 0.0103. The van der Waals surface area contributed by atoms with Gasteiger partial charge in [0.25, 0.3) is 0 Å². The number of ketones is 1. The van der Waals surface area contributed by atoms with E-state index in [0.717, 1.165) is 12.1 Å². The van der Waals surface area contributed by atoms with Gasteiger partial charge in [-0.15, -0.1) is 0 Å². The molecule has 12 nitrogen and oxygen atoms in total. The molecule has 1 saturated heterocycles. The monoisotopic (exact) mass is 580 g/mol. The summed E-state index contributed by atoms with van der Waals surface area (Å²) >= 11 is 0. The Balaban J connectivity index is 1.28. The van der Waals surface area contributed by atoms with Gasteiger partial charge in [0.15, 0.2) is 11.9 Å². The number of aliphatic hydroxyl groups excluding tert-OH is 3. The number of Topliss-reactive ketones (excluding diaryl/α,β-unsaturated/α-hetero) is 1. The first kappa shape index (κ1) is 28.9. The van der Waals surface area contributed by atoms with Gasteiger partial charge in [-0.05, 0) is 41.5 Å². The molecule has 2 heterocycles. The molecule has 0 amide bonds. The van der Waals surface area contributed by atoms with Crippen LogP contribution >= 0.6 is 0 Å². The molecule has 42 heavy (non-hydrogen) atoms. The van der Waals surface area contributed by atoms with Gasteiger partial charge in [-0.2, -0.15) is 0 Å². The van der Waals surface area contributed by atoms with Crippen molar-refractivity contribution in [2.45, 2.75) is 43.2 Å². The van der Waals surface area contributed by atoms with Crippen LogP contribution in [0.4, 0.5) is 0 Å². The van der Waals surface area contributed by atoms with E-state index in [2.05, 4.69) is 0 Å². The predicted octanol–water partition coefficient (Wildman–Crippen LogP) is 1.95. The second kappa shape index (κ2) is 12.1. The fourth-order valence-corrected chi connectivity index (χ4v) is 4.71. The largest absolute Gasteiger partial charge is 0.508 e. The summed E-state index contributed by atoms with van der Waals surface area (Å²) in [5.41, 5.74) is 1.16. The second-order valence-electron chi connectivity index (χ2n) is 9.79. The van der Waals surface area contributed by atoms with E-state index in [-0.39, 0.29) is 40.8 Å². The summed E-state index contributed by atoms with van der Waals surface area (Å²) in [6.07, 6.45) is -6.05. The molecule has 0 spiro atoms. The number of aromatic hydroxyl groups is 3. The van der Waals surface area contributed by atoms with Crippen LogP contribution in [0.5, 0.6) is 28.7 Å². The Labute approximate surface area is 239 Å². The molecule has 0 saturated carbocycles. The van der Waals surface area contributed by atoms with Crippen molar-refractivity contribution in [1.29, 1.82) is 0 Å². The maximum absolute atomic E-state index is 12.8. The lowest BCUT2D eigenvalue weighted by atomic mass is 9.95. The van der Waals surface area contributed by atoms with Gasteiger partial charge in [0.05, 0.1) is 13.0 Å². The number of esters is 1. The normalized spacial score (nSPS) is 25.5. The number of hydrogen-bond acceptors (Lipinski definition) is 12. The van der Waals surface area contributed by atoms with Crippen LogP contribution in [0.25, 0.3) is 6.08 Å². The summed E-state index contributed by atoms with van der Waals surface area (Å²) in [7, 11) is 0. The van der Waals surface area contributed by atoms with Crippen molar-refractivity contribution in [3.63, 3.8) is 0 Å². The molecule has 6 atom stereocenters. The van der Waals surface area contributed by atoms with Crippen LogP contribution in [-0.4, -0.2) is 79.7 Å². The average molecular weight is 581 g/mol. The third-order valence-corrected chi connectivity index (χ3v) is 6.87. The second-order valence-corrected chi connectivity index (χ2v) is 9.79. The zero-order chi connectivity index (χ0) is 30.0. The molecule has 1 fully saturated rings. The molecule has 2 aliphatic rings. The van der Waals surface area contributed by atoms with Gasteiger partial charge in [0.1, 0.15) is 58.7 Å². The van der Waals surface area contributed by atoms with Crippen LogP contribution in [0.3, 0.4) is 0 Å². The minimum atomic E-state index is -1.75. The highest BCUT2D eigenvalue weighted by Crippen LogP contribution is 2.42. The van der Waals surface area contributed by atoms with E-state index >= 15 is 0 Å². The Kier molecular flexibility index (Phi) is 8.31. The first-order valence-electron chi connectivity index (χ1n) is 13.0. The lowest BCUT2D eigenvalue weighted by molar-refractivity contribution is -0.280. The van der Waals surface area contributed by atoms with Gasteiger partial charge in [-0.25, -0.2) is 4.79 Å². The Bertz CT molecular complexity index is 1460. The zero-order valence-corrected chi connectivity index (χ0v) is 21.9. The van der Waals surface area contributed by atoms with Crippen molar-refractivity contribution >= 4 is 17.8 Å². The van der Waals surface area contributed by atoms with Crippen LogP contribution in [0.15, 0.2) is 66.7 Å². The van der Waals surface area contributed by atoms with E-state index in [1.807, 2.05) is 0 Å². The SMILES string of the molecule is O=C(C=Cc1ccc(O)cc1)O[C@H]1[C@@H](O)[C@@H](O)[C@@H](Oc2cc(O)c3c(c2)O[C@H](c2ccc(O)cc2)CC3=O)O[C@@H]1CO. The molecule has 0 radical (unpaired) electrons. The molecule has 0 unspecified atom stereocenters. The van der Waals surface area contributed by atoms with E-state index in [1.54, 1.807) is 24.3 Å². The lowest BCUT2D eigenvalue weighted by Crippen LogP contribution is -2.61. The topological polar surface area (TPSA) is 192 Å². The van der Waals surface area contributed by atoms with Gasteiger partial charge >= 0.3 is 5.97 Å². The van der Waals surface area contributed by atoms with Crippen molar-refractivity contribution < 1.29 is 59.2 Å². The molecule has 3 aromatic carbocycles. The third-order valence-electron chi connectivity index (χ3n) is 6.87. The number of hydrogen-bond donors (Lipinski definition) is 6. The van der Waals surface area contributed by atoms with Crippen LogP contribution in [-0.2, 0) is 14.3 Å². The van der Waals surface area contributed by atoms with Gasteiger partial charge < -0.3 is 49.6 Å². The Hall–Kier alpha value is -4.62. The maximum atomic E-state index is 12.8. The number of carbonyl (C=O) groups excluding carboxylic acids is 2. The van der Waals surface area contributed by atoms with E-state index in [4.69, 9.17) is 18.9 Å². The molecule has 6 N–H and O–H groups in total. The Morgan fingerprint density at radius 2 is 1.62 bits per heavy atom. The zero-order valence-electron chi connectivity index (χ0n) is 21.9. The smallest absolute Gasteiger partial charge is 0.331 e. The number of rotatable bonds is 7. The summed E-state index contributed by atoms with van der Waals surface area (Å²) in [6, 6.07) is 14.5. The lowest BCUT2D eigenvalue weighted by Gasteiger charge is -2.41. The molecule has 5 rings (SSSR count). The summed E-state index contributed by atoms with van der Waals surface area (Å²) in [5, 5.41) is 60.8. The van der Waals surface area contributed by atoms with Crippen molar-refractivity contribution in [3.05, 3.63) is 83.4 Å². The number of benzene rings is 3. The van der Waals surface area contributed by atoms with E-state index < -0.39 is 55.1 Å². The number of fused-ring (bicyclic) bond motifs is 1. The summed E-state index contributed by atoms with van der Waals surface area (Å²) < 4.78 is 22.5. The Morgan fingerprint density at radius 1 is 0.952 bits per heavy atom. The molecule has 220 valence electrons.